The van der Waals surface area contributed by atoms with Crippen LogP contribution in [0, 0.1) is 11.8 Å². The molecule has 10 heteroatoms. The first kappa shape index (κ1) is 22.2. The van der Waals surface area contributed by atoms with Gasteiger partial charge in [-0.2, -0.15) is 0 Å². The highest BCUT2D eigenvalue weighted by molar-refractivity contribution is 7.91. The number of nitrogen functional groups attached to an aromatic ring is 1. The van der Waals surface area contributed by atoms with Crippen LogP contribution < -0.4 is 21.9 Å². The molecule has 1 amide bonds. The lowest BCUT2D eigenvalue weighted by molar-refractivity contribution is -0.121. The van der Waals surface area contributed by atoms with Gasteiger partial charge in [0.1, 0.15) is 5.82 Å². The summed E-state index contributed by atoms with van der Waals surface area (Å²) in [5, 5.41) is 0. The van der Waals surface area contributed by atoms with Gasteiger partial charge in [0, 0.05) is 13.1 Å². The highest BCUT2D eigenvalue weighted by atomic mass is 32.2. The van der Waals surface area contributed by atoms with E-state index >= 15 is 0 Å². The number of carbonyl (C=O) groups excluding carboxylic acids is 1. The maximum Gasteiger partial charge on any atom is 0.330 e. The zero-order valence-corrected chi connectivity index (χ0v) is 17.5. The van der Waals surface area contributed by atoms with Crippen LogP contribution in [0.1, 0.15) is 46.5 Å². The molecular formula is C18H30N4O5S. The Kier molecular flexibility index (Phi) is 7.08. The van der Waals surface area contributed by atoms with Gasteiger partial charge in [-0.05, 0) is 25.2 Å². The highest BCUT2D eigenvalue weighted by Gasteiger charge is 2.37. The summed E-state index contributed by atoms with van der Waals surface area (Å²) in [5.74, 6) is -1.19. The maximum absolute atomic E-state index is 13.1. The Balaban J connectivity index is 2.50. The van der Waals surface area contributed by atoms with E-state index in [1.807, 2.05) is 20.8 Å². The smallest absolute Gasteiger partial charge is 0.330 e. The third kappa shape index (κ3) is 5.03. The first-order valence-electron chi connectivity index (χ1n) is 9.71. The Morgan fingerprint density at radius 3 is 2.57 bits per heavy atom. The summed E-state index contributed by atoms with van der Waals surface area (Å²) >= 11 is 0. The van der Waals surface area contributed by atoms with Crippen LogP contribution in [-0.2, 0) is 21.2 Å². The number of amides is 1. The van der Waals surface area contributed by atoms with Crippen molar-refractivity contribution in [1.29, 1.82) is 0 Å². The van der Waals surface area contributed by atoms with E-state index in [1.165, 1.54) is 9.47 Å². The first-order chi connectivity index (χ1) is 13.1. The molecule has 2 heterocycles. The number of aromatic nitrogens is 2. The first-order valence-corrected chi connectivity index (χ1v) is 11.5. The molecule has 1 aromatic rings. The monoisotopic (exact) mass is 414 g/mol. The summed E-state index contributed by atoms with van der Waals surface area (Å²) < 4.78 is 24.9. The molecular weight excluding hydrogens is 384 g/mol. The van der Waals surface area contributed by atoms with Gasteiger partial charge < -0.3 is 10.6 Å². The molecule has 1 unspecified atom stereocenters. The van der Waals surface area contributed by atoms with Crippen LogP contribution >= 0.6 is 0 Å². The Bertz CT molecular complexity index is 932. The van der Waals surface area contributed by atoms with Crippen LogP contribution in [0.5, 0.6) is 0 Å². The second-order valence-electron chi connectivity index (χ2n) is 7.77. The second kappa shape index (κ2) is 8.93. The second-order valence-corrected chi connectivity index (χ2v) is 10.00. The summed E-state index contributed by atoms with van der Waals surface area (Å²) in [6.45, 7) is 6.49. The number of hydrogen-bond donors (Lipinski definition) is 2. The Labute approximate surface area is 164 Å². The molecule has 28 heavy (non-hydrogen) atoms. The van der Waals surface area contributed by atoms with Crippen molar-refractivity contribution in [2.24, 2.45) is 11.8 Å². The standard InChI is InChI=1S/C18H30N4O5S/c1-4-5-8-22-15(19)14(16(23)20-18(22)25)21(9-6-12(2)3)17(24)13-7-10-28(26,27)11-13/h12-13H,4-11,19H2,1-3H3,(H,20,23,25). The van der Waals surface area contributed by atoms with Gasteiger partial charge in [-0.25, -0.2) is 13.2 Å². The number of aromatic amines is 1. The van der Waals surface area contributed by atoms with Gasteiger partial charge >= 0.3 is 5.69 Å². The summed E-state index contributed by atoms with van der Waals surface area (Å²) in [6, 6.07) is 0. The van der Waals surface area contributed by atoms with Crippen molar-refractivity contribution >= 4 is 27.2 Å². The van der Waals surface area contributed by atoms with Crippen molar-refractivity contribution < 1.29 is 13.2 Å². The Morgan fingerprint density at radius 1 is 1.36 bits per heavy atom. The number of carbonyl (C=O) groups is 1. The van der Waals surface area contributed by atoms with Crippen molar-refractivity contribution in [2.75, 3.05) is 28.7 Å². The van der Waals surface area contributed by atoms with Crippen molar-refractivity contribution in [1.82, 2.24) is 9.55 Å². The third-order valence-corrected chi connectivity index (χ3v) is 6.77. The SMILES string of the molecule is CCCCn1c(N)c(N(CCC(C)C)C(=O)C2CCS(=O)(=O)C2)c(=O)[nH]c1=O. The van der Waals surface area contributed by atoms with Crippen LogP contribution in [0.15, 0.2) is 9.59 Å². The molecule has 0 aromatic carbocycles. The lowest BCUT2D eigenvalue weighted by Gasteiger charge is -2.27. The average molecular weight is 415 g/mol. The largest absolute Gasteiger partial charge is 0.383 e. The van der Waals surface area contributed by atoms with Crippen LogP contribution in [-0.4, -0.2) is 41.9 Å². The maximum atomic E-state index is 13.1. The number of H-pyrrole nitrogens is 1. The summed E-state index contributed by atoms with van der Waals surface area (Å²) in [5.41, 5.74) is 4.75. The van der Waals surface area contributed by atoms with Crippen LogP contribution in [0.2, 0.25) is 0 Å². The normalized spacial score (nSPS) is 18.5. The van der Waals surface area contributed by atoms with Gasteiger partial charge in [0.25, 0.3) is 5.56 Å². The fourth-order valence-corrected chi connectivity index (χ4v) is 5.04. The zero-order chi connectivity index (χ0) is 21.1. The van der Waals surface area contributed by atoms with Gasteiger partial charge in [0.2, 0.25) is 5.91 Å². The van der Waals surface area contributed by atoms with E-state index < -0.39 is 32.9 Å². The van der Waals surface area contributed by atoms with E-state index in [4.69, 9.17) is 5.73 Å². The molecule has 1 aliphatic heterocycles. The molecule has 0 saturated carbocycles. The minimum Gasteiger partial charge on any atom is -0.383 e. The molecule has 1 aromatic heterocycles. The molecule has 9 nitrogen and oxygen atoms in total. The van der Waals surface area contributed by atoms with E-state index in [2.05, 4.69) is 4.98 Å². The minimum absolute atomic E-state index is 0.0384. The highest BCUT2D eigenvalue weighted by Crippen LogP contribution is 2.26. The number of sulfone groups is 1. The lowest BCUT2D eigenvalue weighted by Crippen LogP contribution is -2.44. The Morgan fingerprint density at radius 2 is 2.04 bits per heavy atom. The molecule has 0 spiro atoms. The van der Waals surface area contributed by atoms with E-state index in [1.54, 1.807) is 0 Å². The van der Waals surface area contributed by atoms with Crippen LogP contribution in [0.25, 0.3) is 0 Å². The lowest BCUT2D eigenvalue weighted by atomic mass is 10.1. The number of anilines is 2. The van der Waals surface area contributed by atoms with Gasteiger partial charge in [-0.3, -0.25) is 19.1 Å². The number of hydrogen-bond acceptors (Lipinski definition) is 6. The molecule has 158 valence electrons. The molecule has 1 saturated heterocycles. The van der Waals surface area contributed by atoms with E-state index in [0.717, 1.165) is 6.42 Å². The molecule has 0 radical (unpaired) electrons. The van der Waals surface area contributed by atoms with Crippen LogP contribution in [0.3, 0.4) is 0 Å². The van der Waals surface area contributed by atoms with Crippen molar-refractivity contribution in [2.45, 2.75) is 53.0 Å². The number of rotatable bonds is 8. The predicted octanol–water partition coefficient (Wildman–Crippen LogP) is 0.733. The molecule has 1 fully saturated rings. The average Bonchev–Trinajstić information content (AvgIpc) is 2.96. The fourth-order valence-electron chi connectivity index (χ4n) is 3.31. The number of unbranched alkanes of at least 4 members (excludes halogenated alkanes) is 1. The van der Waals surface area contributed by atoms with Gasteiger partial charge in [0.15, 0.2) is 15.5 Å². The number of nitrogens with zero attached hydrogens (tertiary/aromatic N) is 2. The minimum atomic E-state index is -3.25. The molecule has 3 N–H and O–H groups in total. The van der Waals surface area contributed by atoms with Crippen molar-refractivity contribution in [3.05, 3.63) is 20.8 Å². The molecule has 0 aliphatic carbocycles. The number of nitrogens with one attached hydrogen (secondary N) is 1. The van der Waals surface area contributed by atoms with E-state index in [-0.39, 0.29) is 41.9 Å². The predicted molar refractivity (Wildman–Crippen MR) is 109 cm³/mol. The molecule has 2 rings (SSSR count). The third-order valence-electron chi connectivity index (χ3n) is 5.00. The quantitative estimate of drug-likeness (QED) is 0.644. The molecule has 1 aliphatic rings. The number of nitrogens with two attached hydrogens (primary N) is 1. The van der Waals surface area contributed by atoms with E-state index in [0.29, 0.717) is 19.4 Å². The van der Waals surface area contributed by atoms with Crippen molar-refractivity contribution in [3.8, 4) is 0 Å². The van der Waals surface area contributed by atoms with Crippen molar-refractivity contribution in [3.63, 3.8) is 0 Å². The van der Waals surface area contributed by atoms with E-state index in [9.17, 15) is 22.8 Å². The topological polar surface area (TPSA) is 135 Å². The zero-order valence-electron chi connectivity index (χ0n) is 16.7. The fraction of sp³-hybridized carbons (Fsp3) is 0.722. The van der Waals surface area contributed by atoms with Gasteiger partial charge in [0.05, 0.1) is 17.4 Å². The summed E-state index contributed by atoms with van der Waals surface area (Å²) in [7, 11) is -3.25. The summed E-state index contributed by atoms with van der Waals surface area (Å²) in [6.07, 6.45) is 2.36. The van der Waals surface area contributed by atoms with Crippen LogP contribution in [0.4, 0.5) is 11.5 Å². The summed E-state index contributed by atoms with van der Waals surface area (Å²) in [4.78, 5) is 41.4. The molecule has 0 bridgehead atoms. The Hall–Kier alpha value is -2.10. The molecule has 1 atom stereocenters. The van der Waals surface area contributed by atoms with Gasteiger partial charge in [-0.15, -0.1) is 0 Å². The van der Waals surface area contributed by atoms with Gasteiger partial charge in [-0.1, -0.05) is 27.2 Å².